The highest BCUT2D eigenvalue weighted by atomic mass is 16.2. The van der Waals surface area contributed by atoms with Crippen molar-refractivity contribution in [2.75, 3.05) is 189 Å². The van der Waals surface area contributed by atoms with E-state index >= 15 is 0 Å². The van der Waals surface area contributed by atoms with Gasteiger partial charge in [-0.3, -0.25) is 28.8 Å². The highest BCUT2D eigenvalue weighted by molar-refractivity contribution is 5.94. The van der Waals surface area contributed by atoms with Gasteiger partial charge in [-0.15, -0.1) is 0 Å². The van der Waals surface area contributed by atoms with Crippen LogP contribution in [0.25, 0.3) is 95.3 Å². The topological polar surface area (TPSA) is 417 Å². The molecule has 6 aliphatic rings. The quantitative estimate of drug-likeness (QED) is 0.0435. The summed E-state index contributed by atoms with van der Waals surface area (Å²) in [4.78, 5) is 172. The molecule has 0 radical (unpaired) electrons. The number of aromatic nitrogens is 18. The lowest BCUT2D eigenvalue weighted by Crippen LogP contribution is -2.53. The van der Waals surface area contributed by atoms with Gasteiger partial charge in [-0.25, -0.2) is 99.2 Å². The molecule has 6 amide bonds. The molecule has 0 unspecified atom stereocenters. The van der Waals surface area contributed by atoms with Crippen LogP contribution in [0.2, 0.25) is 0 Å². The van der Waals surface area contributed by atoms with Crippen LogP contribution < -0.4 is 29.4 Å². The molecule has 0 aliphatic carbocycles. The average molecular weight is 2000 g/mol. The van der Waals surface area contributed by atoms with Crippen LogP contribution in [0, 0.1) is 116 Å². The average Bonchev–Trinajstić information content (AvgIpc) is 0.986. The summed E-state index contributed by atoms with van der Waals surface area (Å²) in [6.45, 7) is 21.1. The smallest absolute Gasteiger partial charge is 0.302 e. The monoisotopic (exact) mass is 2000 g/mol. The summed E-state index contributed by atoms with van der Waals surface area (Å²) in [5, 5.41) is 1.51. The number of likely N-dealkylation sites (N-methyl/N-ethyl adjacent to an activating group) is 6. The van der Waals surface area contributed by atoms with Crippen molar-refractivity contribution in [1.82, 2.24) is 119 Å². The molecule has 18 heterocycles. The van der Waals surface area contributed by atoms with E-state index in [2.05, 4.69) is 119 Å². The number of hydrogen-bond acceptors (Lipinski definition) is 24. The van der Waals surface area contributed by atoms with E-state index in [0.717, 1.165) is 56.8 Å². The van der Waals surface area contributed by atoms with E-state index < -0.39 is 208 Å². The van der Waals surface area contributed by atoms with E-state index in [1.807, 2.05) is 6.92 Å². The first-order valence-corrected chi connectivity index (χ1v) is 44.8. The minimum absolute atomic E-state index is 0.0192. The molecule has 42 nitrogen and oxygen atoms in total. The van der Waals surface area contributed by atoms with Crippen molar-refractivity contribution in [2.45, 2.75) is 158 Å². The molecular weight excluding hydrogens is 1830 g/mol. The van der Waals surface area contributed by atoms with Crippen LogP contribution in [0.3, 0.4) is 0 Å². The molecule has 6 aliphatic heterocycles. The van der Waals surface area contributed by atoms with Gasteiger partial charge in [0, 0.05) is 184 Å². The minimum Gasteiger partial charge on any atom is -0.354 e. The highest BCUT2D eigenvalue weighted by Gasteiger charge is 2.41. The third-order valence-corrected chi connectivity index (χ3v) is 24.8. The molecule has 6 fully saturated rings. The molecule has 12 aromatic heterocycles. The maximum atomic E-state index is 12.6. The number of fused-ring (bicyclic) bond motifs is 6. The second-order valence-corrected chi connectivity index (χ2v) is 34.2. The normalized spacial score (nSPS) is 29.3. The number of aryl methyl sites for hydroxylation is 6. The number of rotatable bonds is 18. The molecule has 756 valence electrons. The van der Waals surface area contributed by atoms with Gasteiger partial charge in [0.25, 0.3) is 39.0 Å². The summed E-state index contributed by atoms with van der Waals surface area (Å²) in [7, 11) is 4.39. The van der Waals surface area contributed by atoms with Gasteiger partial charge in [0.05, 0.1) is 80.8 Å². The van der Waals surface area contributed by atoms with Crippen molar-refractivity contribution in [1.29, 1.82) is 0 Å². The number of piperidine rings is 6. The number of nitrogens with zero attached hydrogens (tertiary/aromatic N) is 30. The molecule has 0 spiro atoms. The zero-order chi connectivity index (χ0) is 140. The van der Waals surface area contributed by atoms with Gasteiger partial charge < -0.3 is 118 Å². The predicted octanol–water partition coefficient (Wildman–Crippen LogP) is 11.2. The summed E-state index contributed by atoms with van der Waals surface area (Å²) in [5.41, 5.74) is 4.94. The van der Waals surface area contributed by atoms with Crippen molar-refractivity contribution in [3.05, 3.63) is 177 Å². The van der Waals surface area contributed by atoms with E-state index in [1.54, 1.807) is 62.4 Å². The number of anilines is 6. The standard InChI is InChI=1S/6C17H22N6O/c6*1-11-5-6-23(15(24)8-18-3)9-14(11)22(4)17-13-7-12(2)21-16(13)19-10-20-17/h6*7,10-11,14H,5-6,8-9H2,1-2,4H3,(H,19,20,21)/t6*11-,14+/m111111/s1/i1D3,7D,8D2,11D,14D;7D,8D2,11D,14D;4D3,7D,8D2,11D;1D3,7D,8D2,14D;1D3,4D3,7D,8D2;4D3,7D,8D2. The Kier molecular flexibility index (Phi) is 20.7. The Hall–Kier alpha value is -15.7. The maximum Gasteiger partial charge on any atom is 0.302 e. The molecule has 12 aromatic rings. The first-order valence-electron chi connectivity index (χ1n) is 65.8. The number of nitrogens with one attached hydrogen (secondary N) is 6. The largest absolute Gasteiger partial charge is 0.354 e. The number of H-pyrrole nitrogens is 6. The third-order valence-electron chi connectivity index (χ3n) is 24.8. The van der Waals surface area contributed by atoms with Crippen molar-refractivity contribution < 1.29 is 86.3 Å². The summed E-state index contributed by atoms with van der Waals surface area (Å²) >= 11 is 0. The molecule has 6 saturated heterocycles. The number of amides is 6. The summed E-state index contributed by atoms with van der Waals surface area (Å²) in [6, 6.07) is -8.66. The Morgan fingerprint density at radius 3 is 0.840 bits per heavy atom. The van der Waals surface area contributed by atoms with Gasteiger partial charge in [-0.2, -0.15) is 0 Å². The lowest BCUT2D eigenvalue weighted by Gasteiger charge is -2.41. The van der Waals surface area contributed by atoms with Crippen LogP contribution in [0.4, 0.5) is 34.9 Å². The van der Waals surface area contributed by atoms with Crippen molar-refractivity contribution in [2.24, 2.45) is 35.4 Å². The predicted molar refractivity (Wildman–Crippen MR) is 556 cm³/mol. The lowest BCUT2D eigenvalue weighted by atomic mass is 9.92. The van der Waals surface area contributed by atoms with Crippen LogP contribution in [0.5, 0.6) is 0 Å². The van der Waals surface area contributed by atoms with E-state index in [4.69, 9.17) is 97.0 Å². The van der Waals surface area contributed by atoms with E-state index in [0.29, 0.717) is 73.9 Å². The first kappa shape index (κ1) is 62.5. The van der Waals surface area contributed by atoms with E-state index in [9.17, 15) is 28.8 Å². The van der Waals surface area contributed by atoms with Crippen LogP contribution in [0.15, 0.2) is 74.2 Å². The van der Waals surface area contributed by atoms with Gasteiger partial charge >= 0.3 is 35.4 Å². The fourth-order valence-electron chi connectivity index (χ4n) is 17.1. The molecule has 42 heteroatoms. The Morgan fingerprint density at radius 1 is 0.319 bits per heavy atom. The van der Waals surface area contributed by atoms with Gasteiger partial charge in [0.15, 0.2) is 0 Å². The fraction of sp³-hybridized carbons (Fsp3) is 0.529. The number of aromatic amines is 6. The zero-order valence-corrected chi connectivity index (χ0v) is 80.5. The van der Waals surface area contributed by atoms with Crippen molar-refractivity contribution >= 4 is 137 Å². The molecule has 0 bridgehead atoms. The SMILES string of the molecule is [2H]c1c(C)[nH]c2ncnc(N(C)[C@@]3([2H])CN(C(=O)C([2H])([2H])[N+]#[C-])CC[C@@]3([2H])C([2H])([2H])[2H])c12.[2H]c1c(C)[nH]c2ncnc(N(C)[C@@]3([2H])CN(C(=O)C([2H])([2H])[N+]#[C-])CC[C@@]3([2H])C)c12.[2H]c1c(C)[nH]c2ncnc(N(C)[C@@]3([2H])CN(C(=O)C([2H])([2H])[N+]#[C-])CC[C@H]3C([2H])([2H])[2H])c12.[2H]c1c(C)[nH]c2ncnc(N([C@H]3CN(C(=O)C([2H])([2H])[N+]#[C-])CC[C@@]3([2H])C)C([2H])([2H])[2H])c12.[2H]c1c(C)[nH]c2ncnc(N([C@H]3CN(C(=O)C([2H])([2H])[N+]#[C-])CC[C@H]3C([2H])([2H])[2H])C([2H])([2H])[2H])c12.[2H]c1c(C)[nH]c2ncnc(N([C@H]3CN(C(=O)C([2H])([2H])[N+]#[C-])CC[C@H]3C)C([2H])([2H])[2H])c12. The van der Waals surface area contributed by atoms with Crippen LogP contribution >= 0.6 is 0 Å². The Balaban J connectivity index is 0.000000181. The number of likely N-dealkylation sites (tertiary alicyclic amines) is 6. The molecular formula is C102H132N36O6. The Bertz CT molecular complexity index is 8970. The van der Waals surface area contributed by atoms with E-state index in [1.165, 1.54) is 54.1 Å². The van der Waals surface area contributed by atoms with Crippen molar-refractivity contribution in [3.8, 4) is 0 Å². The Morgan fingerprint density at radius 2 is 0.549 bits per heavy atom. The summed E-state index contributed by atoms with van der Waals surface area (Å²) in [6.07, 6.45) is 7.15. The summed E-state index contributed by atoms with van der Waals surface area (Å²) < 4.78 is 340. The second-order valence-electron chi connectivity index (χ2n) is 34.2. The molecule has 18 rings (SSSR count). The lowest BCUT2D eigenvalue weighted by molar-refractivity contribution is -0.131. The van der Waals surface area contributed by atoms with Crippen molar-refractivity contribution in [3.63, 3.8) is 0 Å². The molecule has 144 heavy (non-hydrogen) atoms. The minimum atomic E-state index is -2.93. The number of carbonyl (C=O) groups excluding carboxylic acids is 6. The van der Waals surface area contributed by atoms with Crippen LogP contribution in [0.1, 0.15) is 172 Å². The highest BCUT2D eigenvalue weighted by Crippen LogP contribution is 2.38. The van der Waals surface area contributed by atoms with E-state index in [-0.39, 0.29) is 195 Å². The zero-order valence-electron chi connectivity index (χ0n) is 123. The molecule has 6 N–H and O–H groups in total. The third kappa shape index (κ3) is 24.5. The van der Waals surface area contributed by atoms with Gasteiger partial charge in [-0.05, 0) is 152 Å². The van der Waals surface area contributed by atoms with Gasteiger partial charge in [0.1, 0.15) is 123 Å². The number of hydrogen-bond donors (Lipinski definition) is 6. The van der Waals surface area contributed by atoms with Gasteiger partial charge in [0.2, 0.25) is 0 Å². The Labute approximate surface area is 898 Å². The number of carbonyl (C=O) groups is 6. The summed E-state index contributed by atoms with van der Waals surface area (Å²) in [5.74, 6) is -13.8. The van der Waals surface area contributed by atoms with Crippen LogP contribution in [-0.2, 0) is 28.8 Å². The van der Waals surface area contributed by atoms with Gasteiger partial charge in [-0.1, -0.05) is 41.3 Å². The first-order chi connectivity index (χ1) is 85.4. The molecule has 12 atom stereocenters. The fourth-order valence-corrected chi connectivity index (χ4v) is 17.1. The second kappa shape index (κ2) is 47.7. The molecule has 0 aromatic carbocycles. The maximum absolute atomic E-state index is 12.6. The van der Waals surface area contributed by atoms with Crippen LogP contribution in [-0.4, -0.2) is 350 Å². The molecule has 0 saturated carbocycles.